The van der Waals surface area contributed by atoms with E-state index in [-0.39, 0.29) is 11.2 Å². The number of guanidine groups is 1. The molecule has 2 aromatic carbocycles. The molecule has 6 heteroatoms. The molecule has 0 aliphatic carbocycles. The SMILES string of the molecule is CN=C(NCC1(c2ccc(F)cc2)CCOCC1)NC1CCN(Cc2ccccc2)CC1. The molecule has 2 heterocycles. The summed E-state index contributed by atoms with van der Waals surface area (Å²) in [7, 11) is 1.83. The zero-order valence-electron chi connectivity index (χ0n) is 19.0. The molecule has 2 saturated heterocycles. The summed E-state index contributed by atoms with van der Waals surface area (Å²) in [5, 5.41) is 7.20. The second-order valence-corrected chi connectivity index (χ2v) is 9.01. The number of halogens is 1. The number of benzene rings is 2. The third kappa shape index (κ3) is 5.87. The van der Waals surface area contributed by atoms with Gasteiger partial charge in [-0.1, -0.05) is 42.5 Å². The van der Waals surface area contributed by atoms with E-state index < -0.39 is 0 Å². The molecular weight excluding hydrogens is 403 g/mol. The molecule has 0 unspecified atom stereocenters. The van der Waals surface area contributed by atoms with Crippen molar-refractivity contribution in [3.05, 3.63) is 71.5 Å². The smallest absolute Gasteiger partial charge is 0.191 e. The Morgan fingerprint density at radius 3 is 2.41 bits per heavy atom. The van der Waals surface area contributed by atoms with Crippen LogP contribution < -0.4 is 10.6 Å². The Hall–Kier alpha value is -2.44. The fraction of sp³-hybridized carbons (Fsp3) is 0.500. The normalized spacial score (nSPS) is 20.1. The van der Waals surface area contributed by atoms with Gasteiger partial charge in [-0.3, -0.25) is 9.89 Å². The Morgan fingerprint density at radius 2 is 1.75 bits per heavy atom. The molecule has 0 spiro atoms. The van der Waals surface area contributed by atoms with Gasteiger partial charge in [0.05, 0.1) is 0 Å². The lowest BCUT2D eigenvalue weighted by Gasteiger charge is -2.39. The van der Waals surface area contributed by atoms with Gasteiger partial charge in [-0.15, -0.1) is 0 Å². The molecule has 32 heavy (non-hydrogen) atoms. The van der Waals surface area contributed by atoms with E-state index in [1.165, 1.54) is 11.1 Å². The standard InChI is InChI=1S/C26H35FN4O/c1-28-25(30-24-11-15-31(16-12-24)19-21-5-3-2-4-6-21)29-20-26(13-17-32-18-14-26)22-7-9-23(27)10-8-22/h2-10,24H,11-20H2,1H3,(H2,28,29,30). The Balaban J connectivity index is 1.30. The van der Waals surface area contributed by atoms with Crippen molar-refractivity contribution in [3.8, 4) is 0 Å². The summed E-state index contributed by atoms with van der Waals surface area (Å²) in [4.78, 5) is 7.00. The van der Waals surface area contributed by atoms with E-state index in [9.17, 15) is 4.39 Å². The van der Waals surface area contributed by atoms with Gasteiger partial charge in [-0.05, 0) is 48.9 Å². The highest BCUT2D eigenvalue weighted by Crippen LogP contribution is 2.34. The van der Waals surface area contributed by atoms with Crippen molar-refractivity contribution in [2.45, 2.75) is 43.7 Å². The highest BCUT2D eigenvalue weighted by molar-refractivity contribution is 5.80. The number of aliphatic imine (C=N–C) groups is 1. The second kappa shape index (κ2) is 10.9. The maximum Gasteiger partial charge on any atom is 0.191 e. The summed E-state index contributed by atoms with van der Waals surface area (Å²) in [5.41, 5.74) is 2.47. The van der Waals surface area contributed by atoms with Gasteiger partial charge >= 0.3 is 0 Å². The first-order valence-electron chi connectivity index (χ1n) is 11.7. The molecule has 0 atom stereocenters. The number of nitrogens with one attached hydrogen (secondary N) is 2. The molecular formula is C26H35FN4O. The Morgan fingerprint density at radius 1 is 1.06 bits per heavy atom. The van der Waals surface area contributed by atoms with Crippen molar-refractivity contribution >= 4 is 5.96 Å². The van der Waals surface area contributed by atoms with Gasteiger partial charge in [0.2, 0.25) is 0 Å². The second-order valence-electron chi connectivity index (χ2n) is 9.01. The summed E-state index contributed by atoms with van der Waals surface area (Å²) in [6.07, 6.45) is 4.04. The molecule has 2 aromatic rings. The first-order valence-corrected chi connectivity index (χ1v) is 11.7. The third-order valence-electron chi connectivity index (χ3n) is 6.90. The molecule has 2 N–H and O–H groups in total. The van der Waals surface area contributed by atoms with Crippen LogP contribution in [0.25, 0.3) is 0 Å². The molecule has 0 bridgehead atoms. The van der Waals surface area contributed by atoms with Crippen LogP contribution in [-0.2, 0) is 16.7 Å². The average molecular weight is 439 g/mol. The molecule has 0 radical (unpaired) electrons. The van der Waals surface area contributed by atoms with Crippen molar-refractivity contribution in [3.63, 3.8) is 0 Å². The van der Waals surface area contributed by atoms with Gasteiger partial charge in [0.25, 0.3) is 0 Å². The zero-order valence-corrected chi connectivity index (χ0v) is 19.0. The predicted octanol–water partition coefficient (Wildman–Crippen LogP) is 3.70. The number of piperidine rings is 1. The van der Waals surface area contributed by atoms with Crippen molar-refractivity contribution in [1.29, 1.82) is 0 Å². The van der Waals surface area contributed by atoms with E-state index in [1.54, 1.807) is 12.1 Å². The molecule has 0 amide bonds. The molecule has 172 valence electrons. The fourth-order valence-electron chi connectivity index (χ4n) is 4.85. The number of rotatable bonds is 6. The van der Waals surface area contributed by atoms with Gasteiger partial charge in [0.15, 0.2) is 5.96 Å². The third-order valence-corrected chi connectivity index (χ3v) is 6.90. The van der Waals surface area contributed by atoms with E-state index in [0.717, 1.165) is 71.0 Å². The average Bonchev–Trinajstić information content (AvgIpc) is 2.84. The van der Waals surface area contributed by atoms with Crippen LogP contribution in [-0.4, -0.2) is 56.8 Å². The van der Waals surface area contributed by atoms with E-state index in [2.05, 4.69) is 50.9 Å². The van der Waals surface area contributed by atoms with Crippen LogP contribution in [0.4, 0.5) is 4.39 Å². The minimum absolute atomic E-state index is 0.0668. The summed E-state index contributed by atoms with van der Waals surface area (Å²) >= 11 is 0. The minimum Gasteiger partial charge on any atom is -0.381 e. The maximum absolute atomic E-state index is 13.5. The van der Waals surface area contributed by atoms with Crippen molar-refractivity contribution in [2.75, 3.05) is 39.9 Å². The summed E-state index contributed by atoms with van der Waals surface area (Å²) in [6, 6.07) is 18.1. The maximum atomic E-state index is 13.5. The lowest BCUT2D eigenvalue weighted by molar-refractivity contribution is 0.0513. The molecule has 2 fully saturated rings. The Bertz CT molecular complexity index is 857. The number of hydrogen-bond acceptors (Lipinski definition) is 3. The van der Waals surface area contributed by atoms with Gasteiger partial charge in [0.1, 0.15) is 5.82 Å². The van der Waals surface area contributed by atoms with Crippen molar-refractivity contribution < 1.29 is 9.13 Å². The topological polar surface area (TPSA) is 48.9 Å². The quantitative estimate of drug-likeness (QED) is 0.533. The lowest BCUT2D eigenvalue weighted by atomic mass is 9.74. The van der Waals surface area contributed by atoms with Crippen LogP contribution >= 0.6 is 0 Å². The van der Waals surface area contributed by atoms with E-state index >= 15 is 0 Å². The zero-order chi connectivity index (χ0) is 22.2. The number of ether oxygens (including phenoxy) is 1. The van der Waals surface area contributed by atoms with Crippen LogP contribution in [0, 0.1) is 5.82 Å². The van der Waals surface area contributed by atoms with Gasteiger partial charge < -0.3 is 15.4 Å². The molecule has 2 aliphatic heterocycles. The molecule has 0 aromatic heterocycles. The highest BCUT2D eigenvalue weighted by atomic mass is 19.1. The number of likely N-dealkylation sites (tertiary alicyclic amines) is 1. The molecule has 4 rings (SSSR count). The van der Waals surface area contributed by atoms with Gasteiger partial charge in [-0.25, -0.2) is 4.39 Å². The van der Waals surface area contributed by atoms with Gasteiger partial charge in [-0.2, -0.15) is 0 Å². The molecule has 0 saturated carbocycles. The van der Waals surface area contributed by atoms with Crippen LogP contribution in [0.2, 0.25) is 0 Å². The van der Waals surface area contributed by atoms with Crippen LogP contribution in [0.1, 0.15) is 36.8 Å². The van der Waals surface area contributed by atoms with E-state index in [4.69, 9.17) is 4.74 Å². The minimum atomic E-state index is -0.194. The van der Waals surface area contributed by atoms with Crippen molar-refractivity contribution in [1.82, 2.24) is 15.5 Å². The monoisotopic (exact) mass is 438 g/mol. The van der Waals surface area contributed by atoms with E-state index in [1.807, 2.05) is 19.2 Å². The van der Waals surface area contributed by atoms with Crippen molar-refractivity contribution in [2.24, 2.45) is 4.99 Å². The number of hydrogen-bond donors (Lipinski definition) is 2. The first-order chi connectivity index (χ1) is 15.7. The highest BCUT2D eigenvalue weighted by Gasteiger charge is 2.35. The van der Waals surface area contributed by atoms with Crippen LogP contribution in [0.3, 0.4) is 0 Å². The summed E-state index contributed by atoms with van der Waals surface area (Å²) in [6.45, 7) is 5.40. The summed E-state index contributed by atoms with van der Waals surface area (Å²) < 4.78 is 19.1. The Labute approximate surface area is 191 Å². The predicted molar refractivity (Wildman–Crippen MR) is 127 cm³/mol. The summed E-state index contributed by atoms with van der Waals surface area (Å²) in [5.74, 6) is 0.652. The van der Waals surface area contributed by atoms with Gasteiger partial charge in [0, 0.05) is 57.9 Å². The Kier molecular flexibility index (Phi) is 7.76. The molecule has 2 aliphatic rings. The largest absolute Gasteiger partial charge is 0.381 e. The lowest BCUT2D eigenvalue weighted by Crippen LogP contribution is -2.52. The fourth-order valence-corrected chi connectivity index (χ4v) is 4.85. The molecule has 5 nitrogen and oxygen atoms in total. The first kappa shape index (κ1) is 22.7. The van der Waals surface area contributed by atoms with E-state index in [0.29, 0.717) is 6.04 Å². The van der Waals surface area contributed by atoms with Crippen LogP contribution in [0.5, 0.6) is 0 Å². The number of nitrogens with zero attached hydrogens (tertiary/aromatic N) is 2. The van der Waals surface area contributed by atoms with Crippen LogP contribution in [0.15, 0.2) is 59.6 Å².